The highest BCUT2D eigenvalue weighted by atomic mass is 35.5. The maximum Gasteiger partial charge on any atom is 0.237 e. The average molecular weight is 497 g/mol. The summed E-state index contributed by atoms with van der Waals surface area (Å²) in [5, 5.41) is 6.48. The Morgan fingerprint density at radius 3 is 2.66 bits per heavy atom. The van der Waals surface area contributed by atoms with Gasteiger partial charge >= 0.3 is 0 Å². The van der Waals surface area contributed by atoms with Crippen molar-refractivity contribution in [3.05, 3.63) is 59.1 Å². The van der Waals surface area contributed by atoms with E-state index in [1.165, 1.54) is 6.07 Å². The lowest BCUT2D eigenvalue weighted by atomic mass is 9.72. The fourth-order valence-corrected chi connectivity index (χ4v) is 7.78. The number of amides is 2. The van der Waals surface area contributed by atoms with Gasteiger partial charge in [-0.1, -0.05) is 17.7 Å². The summed E-state index contributed by atoms with van der Waals surface area (Å²) < 4.78 is 14.5. The van der Waals surface area contributed by atoms with Crippen LogP contribution in [0.25, 0.3) is 0 Å². The van der Waals surface area contributed by atoms with Gasteiger partial charge in [-0.2, -0.15) is 0 Å². The molecule has 6 unspecified atom stereocenters. The van der Waals surface area contributed by atoms with Gasteiger partial charge in [-0.25, -0.2) is 4.39 Å². The van der Waals surface area contributed by atoms with Gasteiger partial charge in [0.2, 0.25) is 11.8 Å². The lowest BCUT2D eigenvalue weighted by molar-refractivity contribution is -0.128. The van der Waals surface area contributed by atoms with Crippen molar-refractivity contribution in [2.75, 3.05) is 11.9 Å². The molecule has 2 amide bonds. The van der Waals surface area contributed by atoms with Crippen LogP contribution in [-0.2, 0) is 15.0 Å². The number of hydrogen-bond acceptors (Lipinski definition) is 4. The summed E-state index contributed by atoms with van der Waals surface area (Å²) in [6.45, 7) is 0.358. The van der Waals surface area contributed by atoms with Crippen LogP contribution in [0.3, 0.4) is 0 Å². The predicted octanol–water partition coefficient (Wildman–Crippen LogP) is 4.04. The van der Waals surface area contributed by atoms with E-state index in [9.17, 15) is 14.0 Å². The van der Waals surface area contributed by atoms with Crippen molar-refractivity contribution < 1.29 is 14.0 Å². The van der Waals surface area contributed by atoms with Gasteiger partial charge in [0.1, 0.15) is 5.82 Å². The van der Waals surface area contributed by atoms with Gasteiger partial charge in [-0.15, -0.1) is 0 Å². The van der Waals surface area contributed by atoms with Crippen molar-refractivity contribution in [2.24, 2.45) is 34.8 Å². The summed E-state index contributed by atoms with van der Waals surface area (Å²) in [4.78, 5) is 30.7. The second-order valence-electron chi connectivity index (χ2n) is 11.2. The Balaban J connectivity index is 1.15. The molecule has 5 fully saturated rings. The molecule has 6 nitrogen and oxygen atoms in total. The van der Waals surface area contributed by atoms with E-state index in [0.29, 0.717) is 23.0 Å². The van der Waals surface area contributed by atoms with E-state index >= 15 is 0 Å². The number of benzene rings is 1. The molecule has 6 atom stereocenters. The van der Waals surface area contributed by atoms with Gasteiger partial charge in [0.15, 0.2) is 0 Å². The van der Waals surface area contributed by atoms with Gasteiger partial charge in [0.25, 0.3) is 0 Å². The Labute approximate surface area is 209 Å². The second-order valence-corrected chi connectivity index (χ2v) is 11.6. The summed E-state index contributed by atoms with van der Waals surface area (Å²) in [5.74, 6) is 0.413. The number of pyridine rings is 1. The number of aromatic nitrogens is 1. The zero-order valence-electron chi connectivity index (χ0n) is 19.5. The number of nitrogens with one attached hydrogen (secondary N) is 2. The molecule has 5 aliphatic rings. The van der Waals surface area contributed by atoms with E-state index in [1.54, 1.807) is 36.7 Å². The third-order valence-corrected chi connectivity index (χ3v) is 9.52. The van der Waals surface area contributed by atoms with Crippen molar-refractivity contribution in [2.45, 2.75) is 50.0 Å². The van der Waals surface area contributed by atoms with E-state index in [1.807, 2.05) is 0 Å². The Hall–Kier alpha value is -2.51. The van der Waals surface area contributed by atoms with Gasteiger partial charge < -0.3 is 16.4 Å². The van der Waals surface area contributed by atoms with Crippen molar-refractivity contribution in [3.8, 4) is 0 Å². The normalized spacial score (nSPS) is 32.3. The van der Waals surface area contributed by atoms with E-state index in [2.05, 4.69) is 15.6 Å². The molecular formula is C27H30ClFN4O2. The lowest BCUT2D eigenvalue weighted by Crippen LogP contribution is -2.51. The van der Waals surface area contributed by atoms with Crippen LogP contribution in [0.2, 0.25) is 5.02 Å². The minimum atomic E-state index is -0.675. The monoisotopic (exact) mass is 496 g/mol. The molecule has 2 aromatic rings. The Kier molecular flexibility index (Phi) is 5.42. The van der Waals surface area contributed by atoms with Crippen LogP contribution in [0, 0.1) is 34.9 Å². The number of nitrogens with two attached hydrogens (primary N) is 1. The molecule has 7 rings (SSSR count). The lowest BCUT2D eigenvalue weighted by Gasteiger charge is -2.35. The average Bonchev–Trinajstić information content (AvgIpc) is 3.52. The number of hydrogen-bond donors (Lipinski definition) is 3. The summed E-state index contributed by atoms with van der Waals surface area (Å²) >= 11 is 5.91. The highest BCUT2D eigenvalue weighted by molar-refractivity contribution is 6.30. The van der Waals surface area contributed by atoms with Crippen LogP contribution in [0.4, 0.5) is 10.1 Å². The summed E-state index contributed by atoms with van der Waals surface area (Å²) in [7, 11) is 0. The quantitative estimate of drug-likeness (QED) is 0.539. The third-order valence-electron chi connectivity index (χ3n) is 9.29. The SMILES string of the molecule is NC(C(=O)NCC1(c2ccc(Cl)cc2F)CC1)C1C2CC3CC1C(C(=O)Nc1ccncc1)(C3)C2. The van der Waals surface area contributed by atoms with Crippen LogP contribution < -0.4 is 16.4 Å². The van der Waals surface area contributed by atoms with Crippen molar-refractivity contribution in [1.29, 1.82) is 0 Å². The highest BCUT2D eigenvalue weighted by Crippen LogP contribution is 2.68. The third kappa shape index (κ3) is 3.75. The predicted molar refractivity (Wildman–Crippen MR) is 131 cm³/mol. The number of carbonyl (C=O) groups excluding carboxylic acids is 2. The zero-order chi connectivity index (χ0) is 24.4. The molecule has 0 aliphatic heterocycles. The molecule has 4 bridgehead atoms. The molecular weight excluding hydrogens is 467 g/mol. The minimum absolute atomic E-state index is 0.0145. The zero-order valence-corrected chi connectivity index (χ0v) is 20.2. The van der Waals surface area contributed by atoms with E-state index in [0.717, 1.165) is 44.2 Å². The van der Waals surface area contributed by atoms with Crippen LogP contribution in [0.5, 0.6) is 0 Å². The highest BCUT2D eigenvalue weighted by Gasteiger charge is 2.67. The Bertz CT molecular complexity index is 1170. The topological polar surface area (TPSA) is 97.1 Å². The Morgan fingerprint density at radius 2 is 1.94 bits per heavy atom. The molecule has 5 aliphatic carbocycles. The van der Waals surface area contributed by atoms with Crippen LogP contribution >= 0.6 is 11.6 Å². The van der Waals surface area contributed by atoms with Crippen molar-refractivity contribution in [3.63, 3.8) is 0 Å². The molecule has 184 valence electrons. The number of carbonyl (C=O) groups is 2. The Morgan fingerprint density at radius 1 is 1.17 bits per heavy atom. The molecule has 1 aromatic carbocycles. The molecule has 0 saturated heterocycles. The van der Waals surface area contributed by atoms with E-state index < -0.39 is 11.5 Å². The van der Waals surface area contributed by atoms with Crippen molar-refractivity contribution >= 4 is 29.1 Å². The van der Waals surface area contributed by atoms with Gasteiger partial charge in [-0.3, -0.25) is 14.6 Å². The van der Waals surface area contributed by atoms with E-state index in [-0.39, 0.29) is 40.8 Å². The van der Waals surface area contributed by atoms with Crippen LogP contribution in [-0.4, -0.2) is 29.4 Å². The summed E-state index contributed by atoms with van der Waals surface area (Å²) in [6.07, 6.45) is 8.60. The van der Waals surface area contributed by atoms with Crippen LogP contribution in [0.1, 0.15) is 44.1 Å². The molecule has 1 heterocycles. The smallest absolute Gasteiger partial charge is 0.237 e. The van der Waals surface area contributed by atoms with Gasteiger partial charge in [0.05, 0.1) is 11.5 Å². The standard InChI is InChI=1S/C27H30ClFN4O2/c28-17-1-2-19(21(29)11-17)26(5-6-26)14-32-24(34)23(30)22-16-9-15-10-20(22)27(12-15,13-16)25(35)33-18-3-7-31-8-4-18/h1-4,7-8,11,15-16,20,22-23H,5-6,9-10,12-14,30H2,(H,32,34)(H,31,33,35). The number of nitrogens with zero attached hydrogens (tertiary/aromatic N) is 1. The second kappa shape index (κ2) is 8.27. The van der Waals surface area contributed by atoms with Crippen molar-refractivity contribution in [1.82, 2.24) is 10.3 Å². The fraction of sp³-hybridized carbons (Fsp3) is 0.519. The molecule has 4 N–H and O–H groups in total. The van der Waals surface area contributed by atoms with Crippen LogP contribution in [0.15, 0.2) is 42.7 Å². The first-order valence-electron chi connectivity index (χ1n) is 12.5. The van der Waals surface area contributed by atoms with Gasteiger partial charge in [-0.05, 0) is 92.0 Å². The first-order chi connectivity index (χ1) is 16.8. The molecule has 8 heteroatoms. The number of halogens is 2. The van der Waals surface area contributed by atoms with E-state index in [4.69, 9.17) is 17.3 Å². The first-order valence-corrected chi connectivity index (χ1v) is 12.9. The maximum atomic E-state index is 14.5. The summed E-state index contributed by atoms with van der Waals surface area (Å²) in [6, 6.07) is 7.65. The molecule has 5 saturated carbocycles. The molecule has 35 heavy (non-hydrogen) atoms. The first kappa shape index (κ1) is 22.9. The largest absolute Gasteiger partial charge is 0.354 e. The molecule has 0 radical (unpaired) electrons. The minimum Gasteiger partial charge on any atom is -0.354 e. The number of anilines is 1. The van der Waals surface area contributed by atoms with Gasteiger partial charge in [0, 0.05) is 35.1 Å². The number of rotatable bonds is 7. The fourth-order valence-electron chi connectivity index (χ4n) is 7.62. The molecule has 1 aromatic heterocycles. The summed E-state index contributed by atoms with van der Waals surface area (Å²) in [5.41, 5.74) is 7.10. The maximum absolute atomic E-state index is 14.5. The molecule has 0 spiro atoms.